The summed E-state index contributed by atoms with van der Waals surface area (Å²) in [5, 5.41) is 15.2. The second kappa shape index (κ2) is 8.20. The van der Waals surface area contributed by atoms with Gasteiger partial charge in [-0.25, -0.2) is 0 Å². The van der Waals surface area contributed by atoms with Crippen LogP contribution in [0.3, 0.4) is 0 Å². The lowest BCUT2D eigenvalue weighted by Crippen LogP contribution is -2.36. The maximum Gasteiger partial charge on any atom is 0.249 e. The van der Waals surface area contributed by atoms with Crippen LogP contribution in [0.4, 0.5) is 28.8 Å². The fourth-order valence-corrected chi connectivity index (χ4v) is 3.10. The second-order valence-electron chi connectivity index (χ2n) is 6.04. The highest BCUT2D eigenvalue weighted by Crippen LogP contribution is 2.28. The first-order chi connectivity index (χ1) is 13.3. The van der Waals surface area contributed by atoms with Crippen LogP contribution in [0.2, 0.25) is 5.02 Å². The molecule has 27 heavy (non-hydrogen) atoms. The van der Waals surface area contributed by atoms with Crippen LogP contribution >= 0.6 is 11.6 Å². The maximum absolute atomic E-state index is 6.02. The van der Waals surface area contributed by atoms with Gasteiger partial charge < -0.3 is 20.3 Å². The van der Waals surface area contributed by atoms with E-state index in [2.05, 4.69) is 36.8 Å². The molecular formula is C19H19ClN6O. The van der Waals surface area contributed by atoms with Crippen LogP contribution in [-0.4, -0.2) is 41.5 Å². The van der Waals surface area contributed by atoms with Crippen LogP contribution < -0.4 is 15.5 Å². The van der Waals surface area contributed by atoms with Gasteiger partial charge in [-0.05, 0) is 30.3 Å². The number of morpholine rings is 1. The van der Waals surface area contributed by atoms with Crippen LogP contribution in [0.15, 0.2) is 54.7 Å². The highest BCUT2D eigenvalue weighted by Gasteiger charge is 2.15. The number of nitrogens with one attached hydrogen (secondary N) is 2. The molecule has 2 heterocycles. The Balaban J connectivity index is 1.53. The number of ether oxygens (including phenoxy) is 1. The zero-order valence-corrected chi connectivity index (χ0v) is 15.4. The summed E-state index contributed by atoms with van der Waals surface area (Å²) in [6, 6.07) is 15.5. The van der Waals surface area contributed by atoms with E-state index in [0.717, 1.165) is 43.4 Å². The van der Waals surface area contributed by atoms with E-state index in [4.69, 9.17) is 16.3 Å². The van der Waals surface area contributed by atoms with Gasteiger partial charge >= 0.3 is 0 Å². The van der Waals surface area contributed by atoms with E-state index in [9.17, 15) is 0 Å². The summed E-state index contributed by atoms with van der Waals surface area (Å²) in [5.41, 5.74) is 2.88. The summed E-state index contributed by atoms with van der Waals surface area (Å²) >= 11 is 6.02. The Kier molecular flexibility index (Phi) is 5.32. The van der Waals surface area contributed by atoms with Crippen LogP contribution in [0.5, 0.6) is 0 Å². The quantitative estimate of drug-likeness (QED) is 0.694. The highest BCUT2D eigenvalue weighted by atomic mass is 35.5. The molecular weight excluding hydrogens is 364 g/mol. The number of hydrogen-bond acceptors (Lipinski definition) is 7. The Morgan fingerprint density at radius 2 is 1.85 bits per heavy atom. The molecule has 0 saturated carbocycles. The molecule has 7 nitrogen and oxygen atoms in total. The fraction of sp³-hybridized carbons (Fsp3) is 0.211. The molecule has 2 aromatic carbocycles. The van der Waals surface area contributed by atoms with E-state index in [1.807, 2.05) is 36.4 Å². The first-order valence-electron chi connectivity index (χ1n) is 8.69. The predicted octanol–water partition coefficient (Wildman–Crippen LogP) is 3.85. The van der Waals surface area contributed by atoms with Gasteiger partial charge in [-0.1, -0.05) is 29.8 Å². The Labute approximate surface area is 162 Å². The van der Waals surface area contributed by atoms with E-state index >= 15 is 0 Å². The summed E-state index contributed by atoms with van der Waals surface area (Å²) in [4.78, 5) is 6.79. The van der Waals surface area contributed by atoms with Gasteiger partial charge in [0.1, 0.15) is 0 Å². The van der Waals surface area contributed by atoms with Crippen molar-refractivity contribution in [2.24, 2.45) is 0 Å². The van der Waals surface area contributed by atoms with Crippen molar-refractivity contribution in [1.82, 2.24) is 15.2 Å². The summed E-state index contributed by atoms with van der Waals surface area (Å²) in [5.74, 6) is 1.00. The molecule has 0 bridgehead atoms. The molecule has 4 rings (SSSR count). The predicted molar refractivity (Wildman–Crippen MR) is 107 cm³/mol. The molecule has 138 valence electrons. The summed E-state index contributed by atoms with van der Waals surface area (Å²) < 4.78 is 5.45. The van der Waals surface area contributed by atoms with Crippen LogP contribution in [0.25, 0.3) is 0 Å². The molecule has 1 aromatic heterocycles. The van der Waals surface area contributed by atoms with Crippen molar-refractivity contribution in [3.63, 3.8) is 0 Å². The van der Waals surface area contributed by atoms with Crippen molar-refractivity contribution in [1.29, 1.82) is 0 Å². The molecule has 0 unspecified atom stereocenters. The molecule has 1 aliphatic rings. The zero-order chi connectivity index (χ0) is 18.5. The number of nitrogens with zero attached hydrogens (tertiary/aromatic N) is 4. The minimum Gasteiger partial charge on any atom is -0.378 e. The molecule has 3 aromatic rings. The molecule has 0 atom stereocenters. The number of aromatic nitrogens is 3. The molecule has 1 aliphatic heterocycles. The maximum atomic E-state index is 6.02. The highest BCUT2D eigenvalue weighted by molar-refractivity contribution is 6.30. The lowest BCUT2D eigenvalue weighted by Gasteiger charge is -2.30. The van der Waals surface area contributed by atoms with E-state index in [1.54, 1.807) is 12.3 Å². The molecule has 8 heteroatoms. The van der Waals surface area contributed by atoms with Crippen molar-refractivity contribution in [3.8, 4) is 0 Å². The Hall–Kier alpha value is -2.90. The lowest BCUT2D eigenvalue weighted by molar-refractivity contribution is 0.123. The van der Waals surface area contributed by atoms with E-state index in [0.29, 0.717) is 16.8 Å². The van der Waals surface area contributed by atoms with E-state index < -0.39 is 0 Å². The van der Waals surface area contributed by atoms with Gasteiger partial charge in [-0.15, -0.1) is 5.10 Å². The summed E-state index contributed by atoms with van der Waals surface area (Å²) in [6.45, 7) is 3.19. The van der Waals surface area contributed by atoms with Gasteiger partial charge in [0, 0.05) is 23.8 Å². The zero-order valence-electron chi connectivity index (χ0n) is 14.6. The van der Waals surface area contributed by atoms with Crippen molar-refractivity contribution >= 4 is 40.4 Å². The summed E-state index contributed by atoms with van der Waals surface area (Å²) in [7, 11) is 0. The first kappa shape index (κ1) is 17.5. The van der Waals surface area contributed by atoms with Gasteiger partial charge in [-0.2, -0.15) is 10.1 Å². The van der Waals surface area contributed by atoms with Gasteiger partial charge in [0.05, 0.1) is 30.8 Å². The average molecular weight is 383 g/mol. The second-order valence-corrected chi connectivity index (χ2v) is 6.48. The Morgan fingerprint density at radius 1 is 1.00 bits per heavy atom. The third kappa shape index (κ3) is 4.45. The molecule has 1 fully saturated rings. The minimum absolute atomic E-state index is 0.395. The van der Waals surface area contributed by atoms with Gasteiger partial charge in [-0.3, -0.25) is 0 Å². The monoisotopic (exact) mass is 382 g/mol. The van der Waals surface area contributed by atoms with Crippen molar-refractivity contribution in [2.45, 2.75) is 0 Å². The van der Waals surface area contributed by atoms with E-state index in [1.165, 1.54) is 0 Å². The molecule has 2 N–H and O–H groups in total. The van der Waals surface area contributed by atoms with Crippen molar-refractivity contribution in [2.75, 3.05) is 41.8 Å². The molecule has 1 saturated heterocycles. The number of benzene rings is 2. The lowest BCUT2D eigenvalue weighted by atomic mass is 10.2. The van der Waals surface area contributed by atoms with Crippen LogP contribution in [0.1, 0.15) is 0 Å². The largest absolute Gasteiger partial charge is 0.378 e. The molecule has 0 radical (unpaired) electrons. The normalized spacial score (nSPS) is 14.0. The fourth-order valence-electron chi connectivity index (χ4n) is 2.91. The first-order valence-corrected chi connectivity index (χ1v) is 9.07. The average Bonchev–Trinajstić information content (AvgIpc) is 2.69. The standard InChI is InChI=1S/C19H19ClN6O/c20-14-4-3-5-15(12-14)22-19-24-18(13-21-25-19)23-16-6-1-2-7-17(16)26-8-10-27-11-9-26/h1-7,12-13H,8-11H2,(H2,22,23,24,25). The van der Waals surface area contributed by atoms with E-state index in [-0.39, 0.29) is 0 Å². The van der Waals surface area contributed by atoms with Gasteiger partial charge in [0.25, 0.3) is 0 Å². The SMILES string of the molecule is Clc1cccc(Nc2nncc(Nc3ccccc3N3CCOCC3)n2)c1. The summed E-state index contributed by atoms with van der Waals surface area (Å²) in [6.07, 6.45) is 1.60. The minimum atomic E-state index is 0.395. The third-order valence-corrected chi connectivity index (χ3v) is 4.39. The number of halogens is 1. The third-order valence-electron chi connectivity index (χ3n) is 4.16. The van der Waals surface area contributed by atoms with Gasteiger partial charge in [0.2, 0.25) is 5.95 Å². The van der Waals surface area contributed by atoms with Gasteiger partial charge in [0.15, 0.2) is 5.82 Å². The van der Waals surface area contributed by atoms with Crippen LogP contribution in [-0.2, 0) is 4.74 Å². The number of anilines is 5. The number of para-hydroxylation sites is 2. The van der Waals surface area contributed by atoms with Crippen molar-refractivity contribution < 1.29 is 4.74 Å². The van der Waals surface area contributed by atoms with Crippen LogP contribution in [0, 0.1) is 0 Å². The smallest absolute Gasteiger partial charge is 0.249 e. The molecule has 0 spiro atoms. The number of rotatable bonds is 5. The molecule has 0 aliphatic carbocycles. The van der Waals surface area contributed by atoms with Crippen molar-refractivity contribution in [3.05, 3.63) is 59.8 Å². The Morgan fingerprint density at radius 3 is 2.70 bits per heavy atom. The Bertz CT molecular complexity index is 916. The molecule has 0 amide bonds. The topological polar surface area (TPSA) is 75.2 Å². The number of hydrogen-bond donors (Lipinski definition) is 2.